The van der Waals surface area contributed by atoms with Gasteiger partial charge in [0.15, 0.2) is 0 Å². The largest absolute Gasteiger partial charge is 0.303 e. The van der Waals surface area contributed by atoms with Crippen LogP contribution in [0.5, 0.6) is 0 Å². The second-order valence-electron chi connectivity index (χ2n) is 7.53. The van der Waals surface area contributed by atoms with E-state index in [0.717, 1.165) is 12.0 Å². The van der Waals surface area contributed by atoms with Crippen LogP contribution in [0.1, 0.15) is 51.9 Å². The van der Waals surface area contributed by atoms with Gasteiger partial charge in [-0.1, -0.05) is 26.2 Å². The summed E-state index contributed by atoms with van der Waals surface area (Å²) in [5, 5.41) is 0. The third-order valence-electron chi connectivity index (χ3n) is 6.05. The van der Waals surface area contributed by atoms with E-state index in [-0.39, 0.29) is 0 Å². The predicted molar refractivity (Wildman–Crippen MR) is 89.7 cm³/mol. The second kappa shape index (κ2) is 7.94. The molecule has 3 nitrogen and oxygen atoms in total. The van der Waals surface area contributed by atoms with Crippen LogP contribution in [0.15, 0.2) is 0 Å². The molecule has 0 spiro atoms. The van der Waals surface area contributed by atoms with Crippen LogP contribution in [0.25, 0.3) is 0 Å². The summed E-state index contributed by atoms with van der Waals surface area (Å²) in [7, 11) is 0. The van der Waals surface area contributed by atoms with E-state index in [2.05, 4.69) is 21.6 Å². The van der Waals surface area contributed by atoms with Crippen LogP contribution in [-0.4, -0.2) is 73.1 Å². The average molecular weight is 293 g/mol. The molecule has 2 aliphatic heterocycles. The van der Waals surface area contributed by atoms with Crippen molar-refractivity contribution in [3.8, 4) is 0 Å². The van der Waals surface area contributed by atoms with Gasteiger partial charge in [0.25, 0.3) is 0 Å². The molecule has 3 heteroatoms. The Labute approximate surface area is 131 Å². The van der Waals surface area contributed by atoms with Gasteiger partial charge in [-0.25, -0.2) is 0 Å². The van der Waals surface area contributed by atoms with E-state index in [4.69, 9.17) is 0 Å². The maximum absolute atomic E-state index is 2.83. The topological polar surface area (TPSA) is 9.72 Å². The van der Waals surface area contributed by atoms with Gasteiger partial charge in [-0.15, -0.1) is 0 Å². The number of hydrogen-bond acceptors (Lipinski definition) is 3. The van der Waals surface area contributed by atoms with Crippen LogP contribution in [0, 0.1) is 5.92 Å². The normalized spacial score (nSPS) is 31.6. The van der Waals surface area contributed by atoms with E-state index in [1.54, 1.807) is 0 Å². The Hall–Kier alpha value is -0.120. The number of hydrogen-bond donors (Lipinski definition) is 0. The summed E-state index contributed by atoms with van der Waals surface area (Å²) in [4.78, 5) is 8.22. The maximum atomic E-state index is 2.83. The molecule has 3 rings (SSSR count). The van der Waals surface area contributed by atoms with Gasteiger partial charge in [0.1, 0.15) is 0 Å². The highest BCUT2D eigenvalue weighted by molar-refractivity contribution is 4.82. The Bertz CT molecular complexity index is 301. The summed E-state index contributed by atoms with van der Waals surface area (Å²) in [5.74, 6) is 0.936. The molecule has 0 aromatic heterocycles. The maximum Gasteiger partial charge on any atom is 0.0112 e. The molecule has 0 radical (unpaired) electrons. The van der Waals surface area contributed by atoms with Gasteiger partial charge >= 0.3 is 0 Å². The highest BCUT2D eigenvalue weighted by atomic mass is 15.2. The van der Waals surface area contributed by atoms with Crippen LogP contribution in [0.2, 0.25) is 0 Å². The number of likely N-dealkylation sites (tertiary alicyclic amines) is 1. The molecule has 2 heterocycles. The van der Waals surface area contributed by atoms with Crippen LogP contribution >= 0.6 is 0 Å². The van der Waals surface area contributed by atoms with Gasteiger partial charge in [-0.05, 0) is 57.8 Å². The zero-order valence-corrected chi connectivity index (χ0v) is 14.1. The van der Waals surface area contributed by atoms with E-state index < -0.39 is 0 Å². The van der Waals surface area contributed by atoms with Gasteiger partial charge < -0.3 is 9.80 Å². The van der Waals surface area contributed by atoms with Gasteiger partial charge in [0.05, 0.1) is 0 Å². The lowest BCUT2D eigenvalue weighted by atomic mass is 9.94. The van der Waals surface area contributed by atoms with Gasteiger partial charge in [-0.3, -0.25) is 4.90 Å². The van der Waals surface area contributed by atoms with Crippen molar-refractivity contribution in [3.63, 3.8) is 0 Å². The van der Waals surface area contributed by atoms with Crippen LogP contribution in [0.3, 0.4) is 0 Å². The summed E-state index contributed by atoms with van der Waals surface area (Å²) in [6.07, 6.45) is 10.2. The summed E-state index contributed by atoms with van der Waals surface area (Å²) >= 11 is 0. The monoisotopic (exact) mass is 293 g/mol. The molecule has 1 unspecified atom stereocenters. The Morgan fingerprint density at radius 2 is 1.62 bits per heavy atom. The van der Waals surface area contributed by atoms with Crippen LogP contribution in [-0.2, 0) is 0 Å². The first-order chi connectivity index (χ1) is 10.3. The molecule has 3 fully saturated rings. The van der Waals surface area contributed by atoms with Crippen molar-refractivity contribution in [2.24, 2.45) is 5.92 Å². The SMILES string of the molecule is CCN1CCC(CN2CCCN(C3CCCCC3)CC2)C1. The molecule has 2 saturated heterocycles. The third kappa shape index (κ3) is 4.43. The molecular weight excluding hydrogens is 258 g/mol. The molecular formula is C18H35N3. The van der Waals surface area contributed by atoms with Gasteiger partial charge in [0, 0.05) is 32.2 Å². The van der Waals surface area contributed by atoms with Crippen molar-refractivity contribution < 1.29 is 0 Å². The molecule has 0 N–H and O–H groups in total. The molecule has 21 heavy (non-hydrogen) atoms. The first-order valence-electron chi connectivity index (χ1n) is 9.54. The third-order valence-corrected chi connectivity index (χ3v) is 6.05. The zero-order valence-electron chi connectivity index (χ0n) is 14.1. The number of rotatable bonds is 4. The molecule has 0 bridgehead atoms. The standard InChI is InChI=1S/C18H35N3/c1-2-19-12-9-17(15-19)16-20-10-6-11-21(14-13-20)18-7-4-3-5-8-18/h17-18H,2-16H2,1H3. The van der Waals surface area contributed by atoms with E-state index in [9.17, 15) is 0 Å². The van der Waals surface area contributed by atoms with Gasteiger partial charge in [-0.2, -0.15) is 0 Å². The Kier molecular flexibility index (Phi) is 5.96. The van der Waals surface area contributed by atoms with Crippen LogP contribution < -0.4 is 0 Å². The molecule has 0 amide bonds. The summed E-state index contributed by atoms with van der Waals surface area (Å²) in [5.41, 5.74) is 0. The van der Waals surface area contributed by atoms with E-state index >= 15 is 0 Å². The van der Waals surface area contributed by atoms with Crippen molar-refractivity contribution >= 4 is 0 Å². The second-order valence-corrected chi connectivity index (χ2v) is 7.53. The minimum absolute atomic E-state index is 0.917. The lowest BCUT2D eigenvalue weighted by Crippen LogP contribution is -2.40. The fourth-order valence-corrected chi connectivity index (χ4v) is 4.70. The average Bonchev–Trinajstić information content (AvgIpc) is 2.85. The molecule has 3 aliphatic rings. The molecule has 1 atom stereocenters. The van der Waals surface area contributed by atoms with Crippen molar-refractivity contribution in [1.29, 1.82) is 0 Å². The van der Waals surface area contributed by atoms with Crippen molar-refractivity contribution in [1.82, 2.24) is 14.7 Å². The lowest BCUT2D eigenvalue weighted by Gasteiger charge is -2.33. The molecule has 1 aliphatic carbocycles. The zero-order chi connectivity index (χ0) is 14.5. The fourth-order valence-electron chi connectivity index (χ4n) is 4.70. The quantitative estimate of drug-likeness (QED) is 0.789. The summed E-state index contributed by atoms with van der Waals surface area (Å²) < 4.78 is 0. The number of nitrogens with zero attached hydrogens (tertiary/aromatic N) is 3. The Morgan fingerprint density at radius 1 is 0.762 bits per heavy atom. The lowest BCUT2D eigenvalue weighted by molar-refractivity contribution is 0.156. The van der Waals surface area contributed by atoms with E-state index in [0.29, 0.717) is 0 Å². The summed E-state index contributed by atoms with van der Waals surface area (Å²) in [6, 6.07) is 0.917. The highest BCUT2D eigenvalue weighted by Gasteiger charge is 2.26. The minimum Gasteiger partial charge on any atom is -0.303 e. The molecule has 1 saturated carbocycles. The van der Waals surface area contributed by atoms with Crippen LogP contribution in [0.4, 0.5) is 0 Å². The Balaban J connectivity index is 1.42. The predicted octanol–water partition coefficient (Wildman–Crippen LogP) is 2.67. The summed E-state index contributed by atoms with van der Waals surface area (Å²) in [6.45, 7) is 12.9. The Morgan fingerprint density at radius 3 is 2.38 bits per heavy atom. The minimum atomic E-state index is 0.917. The van der Waals surface area contributed by atoms with Crippen molar-refractivity contribution in [2.45, 2.75) is 57.9 Å². The van der Waals surface area contributed by atoms with E-state index in [1.165, 1.54) is 97.3 Å². The first kappa shape index (κ1) is 15.8. The molecule has 122 valence electrons. The fraction of sp³-hybridized carbons (Fsp3) is 1.00. The van der Waals surface area contributed by atoms with E-state index in [1.807, 2.05) is 0 Å². The first-order valence-corrected chi connectivity index (χ1v) is 9.54. The molecule has 0 aromatic rings. The smallest absolute Gasteiger partial charge is 0.0112 e. The highest BCUT2D eigenvalue weighted by Crippen LogP contribution is 2.24. The molecule has 0 aromatic carbocycles. The van der Waals surface area contributed by atoms with Crippen molar-refractivity contribution in [2.75, 3.05) is 52.4 Å². The van der Waals surface area contributed by atoms with Gasteiger partial charge in [0.2, 0.25) is 0 Å². The van der Waals surface area contributed by atoms with Crippen molar-refractivity contribution in [3.05, 3.63) is 0 Å².